The largest absolute Gasteiger partial charge is 0.311 e. The average Bonchev–Trinajstić information content (AvgIpc) is 2.19. The first-order chi connectivity index (χ1) is 6.77. The molecule has 1 aliphatic carbocycles. The summed E-state index contributed by atoms with van der Waals surface area (Å²) in [5.74, 6) is 1.15. The van der Waals surface area contributed by atoms with Gasteiger partial charge in [0.05, 0.1) is 0 Å². The molecule has 1 N–H and O–H groups in total. The average molecular weight is 192 g/mol. The maximum Gasteiger partial charge on any atom is 0.254 e. The zero-order valence-electron chi connectivity index (χ0n) is 8.55. The molecular weight excluding hydrogens is 176 g/mol. The summed E-state index contributed by atoms with van der Waals surface area (Å²) in [5.41, 5.74) is 0.944. The van der Waals surface area contributed by atoms with Gasteiger partial charge in [0.1, 0.15) is 5.82 Å². The van der Waals surface area contributed by atoms with Crippen molar-refractivity contribution in [1.29, 1.82) is 0 Å². The molecule has 1 fully saturated rings. The highest BCUT2D eigenvalue weighted by atomic mass is 16.1. The van der Waals surface area contributed by atoms with Crippen LogP contribution in [0.5, 0.6) is 0 Å². The van der Waals surface area contributed by atoms with Gasteiger partial charge in [0, 0.05) is 11.8 Å². The van der Waals surface area contributed by atoms with Gasteiger partial charge in [-0.25, -0.2) is 4.98 Å². The minimum absolute atomic E-state index is 0.0596. The minimum Gasteiger partial charge on any atom is -0.311 e. The molecule has 2 rings (SSSR count). The van der Waals surface area contributed by atoms with E-state index in [9.17, 15) is 4.79 Å². The third-order valence-electron chi connectivity index (χ3n) is 3.00. The van der Waals surface area contributed by atoms with Crippen molar-refractivity contribution in [2.24, 2.45) is 0 Å². The monoisotopic (exact) mass is 192 g/mol. The van der Waals surface area contributed by atoms with Crippen LogP contribution < -0.4 is 5.56 Å². The molecule has 1 saturated carbocycles. The quantitative estimate of drug-likeness (QED) is 0.740. The summed E-state index contributed by atoms with van der Waals surface area (Å²) in [4.78, 5) is 18.6. The van der Waals surface area contributed by atoms with Crippen molar-refractivity contribution in [3.8, 4) is 0 Å². The molecule has 0 amide bonds. The molecular formula is C11H16N2O. The Kier molecular flexibility index (Phi) is 2.66. The van der Waals surface area contributed by atoms with Crippen molar-refractivity contribution >= 4 is 0 Å². The van der Waals surface area contributed by atoms with E-state index in [4.69, 9.17) is 0 Å². The Labute approximate surface area is 83.6 Å². The topological polar surface area (TPSA) is 45.8 Å². The lowest BCUT2D eigenvalue weighted by molar-refractivity contribution is 0.440. The predicted molar refractivity (Wildman–Crippen MR) is 55.4 cm³/mol. The number of hydrogen-bond acceptors (Lipinski definition) is 2. The Morgan fingerprint density at radius 2 is 2.07 bits per heavy atom. The fraction of sp³-hybridized carbons (Fsp3) is 0.636. The van der Waals surface area contributed by atoms with E-state index in [1.165, 1.54) is 19.3 Å². The fourth-order valence-electron chi connectivity index (χ4n) is 2.20. The van der Waals surface area contributed by atoms with E-state index in [2.05, 4.69) is 9.97 Å². The molecule has 1 heterocycles. The lowest BCUT2D eigenvalue weighted by atomic mass is 9.85. The molecule has 1 aromatic heterocycles. The Morgan fingerprint density at radius 3 is 2.71 bits per heavy atom. The Balaban J connectivity index is 2.26. The molecule has 1 aliphatic rings. The Hall–Kier alpha value is -1.12. The molecule has 1 aromatic rings. The van der Waals surface area contributed by atoms with E-state index >= 15 is 0 Å². The third-order valence-corrected chi connectivity index (χ3v) is 3.00. The molecule has 3 nitrogen and oxygen atoms in total. The zero-order valence-corrected chi connectivity index (χ0v) is 8.55. The van der Waals surface area contributed by atoms with E-state index in [1.807, 2.05) is 6.92 Å². The van der Waals surface area contributed by atoms with Crippen LogP contribution in [0.3, 0.4) is 0 Å². The maximum absolute atomic E-state index is 11.6. The Morgan fingerprint density at radius 1 is 1.36 bits per heavy atom. The van der Waals surface area contributed by atoms with Crippen molar-refractivity contribution in [2.45, 2.75) is 44.9 Å². The molecule has 14 heavy (non-hydrogen) atoms. The molecule has 0 aromatic carbocycles. The highest BCUT2D eigenvalue weighted by Gasteiger charge is 2.18. The van der Waals surface area contributed by atoms with Crippen LogP contribution in [0.2, 0.25) is 0 Å². The standard InChI is InChI=1S/C11H16N2O/c1-8-12-7-10(11(14)13-8)9-5-3-2-4-6-9/h7,9H,2-6H2,1H3,(H,12,13,14). The fourth-order valence-corrected chi connectivity index (χ4v) is 2.20. The van der Waals surface area contributed by atoms with E-state index < -0.39 is 0 Å². The van der Waals surface area contributed by atoms with Crippen molar-refractivity contribution < 1.29 is 0 Å². The Bertz CT molecular complexity index is 364. The number of H-pyrrole nitrogens is 1. The molecule has 3 heteroatoms. The van der Waals surface area contributed by atoms with Gasteiger partial charge in [0.2, 0.25) is 0 Å². The minimum atomic E-state index is 0.0596. The molecule has 0 radical (unpaired) electrons. The van der Waals surface area contributed by atoms with Gasteiger partial charge in [0.15, 0.2) is 0 Å². The van der Waals surface area contributed by atoms with Crippen LogP contribution in [0.15, 0.2) is 11.0 Å². The molecule has 76 valence electrons. The van der Waals surface area contributed by atoms with Gasteiger partial charge in [-0.15, -0.1) is 0 Å². The molecule has 0 spiro atoms. The first-order valence-electron chi connectivity index (χ1n) is 5.33. The number of hydrogen-bond donors (Lipinski definition) is 1. The summed E-state index contributed by atoms with van der Waals surface area (Å²) in [6.07, 6.45) is 7.86. The van der Waals surface area contributed by atoms with Crippen LogP contribution in [0, 0.1) is 6.92 Å². The van der Waals surface area contributed by atoms with Gasteiger partial charge in [-0.05, 0) is 25.7 Å². The number of nitrogens with one attached hydrogen (secondary N) is 1. The predicted octanol–water partition coefficient (Wildman–Crippen LogP) is 2.13. The number of aryl methyl sites for hydroxylation is 1. The summed E-state index contributed by atoms with van der Waals surface area (Å²) >= 11 is 0. The van der Waals surface area contributed by atoms with Crippen molar-refractivity contribution in [1.82, 2.24) is 9.97 Å². The van der Waals surface area contributed by atoms with Crippen molar-refractivity contribution in [3.05, 3.63) is 27.9 Å². The van der Waals surface area contributed by atoms with E-state index in [-0.39, 0.29) is 5.56 Å². The molecule has 0 saturated heterocycles. The molecule has 0 bridgehead atoms. The smallest absolute Gasteiger partial charge is 0.254 e. The van der Waals surface area contributed by atoms with Gasteiger partial charge in [-0.2, -0.15) is 0 Å². The third kappa shape index (κ3) is 1.86. The summed E-state index contributed by atoms with van der Waals surface area (Å²) in [7, 11) is 0. The summed E-state index contributed by atoms with van der Waals surface area (Å²) in [6.45, 7) is 1.81. The van der Waals surface area contributed by atoms with Crippen LogP contribution in [0.25, 0.3) is 0 Å². The number of aromatic nitrogens is 2. The number of rotatable bonds is 1. The van der Waals surface area contributed by atoms with Crippen LogP contribution in [-0.2, 0) is 0 Å². The SMILES string of the molecule is Cc1ncc(C2CCCCC2)c(=O)[nH]1. The number of aromatic amines is 1. The van der Waals surface area contributed by atoms with Crippen molar-refractivity contribution in [2.75, 3.05) is 0 Å². The summed E-state index contributed by atoms with van der Waals surface area (Å²) in [6, 6.07) is 0. The molecule has 0 atom stereocenters. The summed E-state index contributed by atoms with van der Waals surface area (Å²) < 4.78 is 0. The van der Waals surface area contributed by atoms with Gasteiger partial charge < -0.3 is 4.98 Å². The van der Waals surface area contributed by atoms with Crippen LogP contribution in [0.4, 0.5) is 0 Å². The lowest BCUT2D eigenvalue weighted by Crippen LogP contribution is -2.19. The number of nitrogens with zero attached hydrogens (tertiary/aromatic N) is 1. The lowest BCUT2D eigenvalue weighted by Gasteiger charge is -2.20. The highest BCUT2D eigenvalue weighted by molar-refractivity contribution is 5.12. The molecule has 0 aliphatic heterocycles. The first-order valence-corrected chi connectivity index (χ1v) is 5.33. The first kappa shape index (κ1) is 9.44. The zero-order chi connectivity index (χ0) is 9.97. The second-order valence-corrected chi connectivity index (χ2v) is 4.09. The van der Waals surface area contributed by atoms with Crippen molar-refractivity contribution in [3.63, 3.8) is 0 Å². The normalized spacial score (nSPS) is 18.4. The second-order valence-electron chi connectivity index (χ2n) is 4.09. The van der Waals surface area contributed by atoms with Gasteiger partial charge >= 0.3 is 0 Å². The maximum atomic E-state index is 11.6. The van der Waals surface area contributed by atoms with Crippen LogP contribution in [-0.4, -0.2) is 9.97 Å². The van der Waals surface area contributed by atoms with Crippen LogP contribution in [0.1, 0.15) is 49.4 Å². The van der Waals surface area contributed by atoms with Crippen LogP contribution >= 0.6 is 0 Å². The highest BCUT2D eigenvalue weighted by Crippen LogP contribution is 2.30. The van der Waals surface area contributed by atoms with E-state index in [0.29, 0.717) is 11.7 Å². The van der Waals surface area contributed by atoms with Gasteiger partial charge in [0.25, 0.3) is 5.56 Å². The van der Waals surface area contributed by atoms with Gasteiger partial charge in [-0.3, -0.25) is 4.79 Å². The second kappa shape index (κ2) is 3.95. The summed E-state index contributed by atoms with van der Waals surface area (Å²) in [5, 5.41) is 0. The molecule has 0 unspecified atom stereocenters. The van der Waals surface area contributed by atoms with Gasteiger partial charge in [-0.1, -0.05) is 19.3 Å². The van der Waals surface area contributed by atoms with E-state index in [0.717, 1.165) is 18.4 Å². The van der Waals surface area contributed by atoms with E-state index in [1.54, 1.807) is 6.20 Å².